The molecule has 0 aromatic carbocycles. The van der Waals surface area contributed by atoms with Gasteiger partial charge in [-0.15, -0.1) is 0 Å². The molecule has 0 aromatic rings. The van der Waals surface area contributed by atoms with Gasteiger partial charge in [-0.05, 0) is 0 Å². The van der Waals surface area contributed by atoms with Crippen molar-refractivity contribution in [2.45, 2.75) is 19.8 Å². The Balaban J connectivity index is -0.0000000208. The van der Waals surface area contributed by atoms with E-state index in [1.807, 2.05) is 0 Å². The molecular formula is C4H9Cl4MoO. The van der Waals surface area contributed by atoms with Crippen molar-refractivity contribution in [2.24, 2.45) is 0 Å². The van der Waals surface area contributed by atoms with Gasteiger partial charge in [-0.2, -0.15) is 0 Å². The molecule has 1 nitrogen and oxygen atoms in total. The van der Waals surface area contributed by atoms with Gasteiger partial charge < -0.3 is 49.6 Å². The molecule has 0 saturated carbocycles. The van der Waals surface area contributed by atoms with Crippen LogP contribution in [0.25, 0.3) is 0 Å². The molecule has 0 saturated heterocycles. The van der Waals surface area contributed by atoms with E-state index < -0.39 is 0 Å². The fourth-order valence-electron chi connectivity index (χ4n) is 0.203. The van der Waals surface area contributed by atoms with E-state index in [0.717, 1.165) is 6.61 Å². The number of hydrogen-bond donors (Lipinski definition) is 0. The Labute approximate surface area is 99.0 Å². The molecular weight excluding hydrogens is 302 g/mol. The molecule has 0 radical (unpaired) electrons. The molecule has 0 amide bonds. The topological polar surface area (TPSA) is 9.23 Å². The summed E-state index contributed by atoms with van der Waals surface area (Å²) in [5, 5.41) is 0. The second kappa shape index (κ2) is 30.8. The van der Waals surface area contributed by atoms with E-state index in [1.54, 1.807) is 20.2 Å². The minimum absolute atomic E-state index is 0. The van der Waals surface area contributed by atoms with Gasteiger partial charge in [0, 0.05) is 0 Å². The Bertz CT molecular complexity index is 29.2. The van der Waals surface area contributed by atoms with E-state index in [1.165, 1.54) is 12.8 Å². The third kappa shape index (κ3) is 32.9. The number of rotatable bonds is 3. The Morgan fingerprint density at radius 3 is 1.60 bits per heavy atom. The molecule has 0 unspecified atom stereocenters. The van der Waals surface area contributed by atoms with Crippen molar-refractivity contribution < 1.29 is 73.2 Å². The Morgan fingerprint density at radius 1 is 1.10 bits per heavy atom. The van der Waals surface area contributed by atoms with Crippen molar-refractivity contribution in [3.05, 3.63) is 0 Å². The molecule has 0 fully saturated rings. The van der Waals surface area contributed by atoms with Gasteiger partial charge in [0.15, 0.2) is 0 Å². The average Bonchev–Trinajstić information content (AvgIpc) is 1.61. The van der Waals surface area contributed by atoms with E-state index in [0.29, 0.717) is 0 Å². The standard InChI is InChI=1S/C4H9O.4ClH.Mo/c1-2-3-4-5;;;;;/h2-4H2,1H3;4*1H;/q-1;;;;;+5/p-4. The van der Waals surface area contributed by atoms with Crippen LogP contribution in [0.15, 0.2) is 0 Å². The summed E-state index contributed by atoms with van der Waals surface area (Å²) in [5.74, 6) is 0. The molecule has 0 aliphatic heterocycles. The maximum atomic E-state index is 4.79. The second-order valence-electron chi connectivity index (χ2n) is 1.18. The first-order valence-corrected chi connectivity index (χ1v) is 2.98. The van der Waals surface area contributed by atoms with E-state index in [9.17, 15) is 0 Å². The average molecular weight is 311 g/mol. The molecule has 0 rings (SSSR count). The SMILES string of the molecule is CCCC[O][Mo+4].[Cl-].[Cl-].[Cl-].[Cl-]. The van der Waals surface area contributed by atoms with Gasteiger partial charge >= 0.3 is 50.0 Å². The van der Waals surface area contributed by atoms with Crippen molar-refractivity contribution in [1.29, 1.82) is 0 Å². The molecule has 10 heavy (non-hydrogen) atoms. The Morgan fingerprint density at radius 2 is 1.50 bits per heavy atom. The summed E-state index contributed by atoms with van der Waals surface area (Å²) in [7, 11) is 0. The molecule has 0 heterocycles. The smallest absolute Gasteiger partial charge is 1.00 e. The van der Waals surface area contributed by atoms with Crippen LogP contribution in [0.3, 0.4) is 0 Å². The molecule has 65 valence electrons. The molecule has 0 N–H and O–H groups in total. The van der Waals surface area contributed by atoms with Crippen molar-refractivity contribution in [2.75, 3.05) is 6.61 Å². The summed E-state index contributed by atoms with van der Waals surface area (Å²) in [4.78, 5) is 0. The van der Waals surface area contributed by atoms with Crippen molar-refractivity contribution in [3.63, 3.8) is 0 Å². The minimum atomic E-state index is 0. The van der Waals surface area contributed by atoms with E-state index >= 15 is 0 Å². The molecule has 0 aromatic heterocycles. The first-order valence-electron chi connectivity index (χ1n) is 2.16. The number of halogens is 4. The van der Waals surface area contributed by atoms with Crippen molar-refractivity contribution in [1.82, 2.24) is 0 Å². The summed E-state index contributed by atoms with van der Waals surface area (Å²) in [6.45, 7) is 3.07. The van der Waals surface area contributed by atoms with E-state index in [4.69, 9.17) is 3.39 Å². The summed E-state index contributed by atoms with van der Waals surface area (Å²) < 4.78 is 4.79. The van der Waals surface area contributed by atoms with Crippen LogP contribution in [0.5, 0.6) is 0 Å². The summed E-state index contributed by atoms with van der Waals surface area (Å²) in [6.07, 6.45) is 2.43. The van der Waals surface area contributed by atoms with Gasteiger partial charge in [0.25, 0.3) is 0 Å². The van der Waals surface area contributed by atoms with Gasteiger partial charge in [0.1, 0.15) is 0 Å². The molecule has 0 spiro atoms. The molecule has 0 aliphatic carbocycles. The monoisotopic (exact) mass is 311 g/mol. The zero-order valence-corrected chi connectivity index (χ0v) is 10.5. The fraction of sp³-hybridized carbons (Fsp3) is 1.00. The summed E-state index contributed by atoms with van der Waals surface area (Å²) in [5.41, 5.74) is 0. The molecule has 0 atom stereocenters. The summed E-state index contributed by atoms with van der Waals surface area (Å²) >= 11 is 1.67. The van der Waals surface area contributed by atoms with Crippen LogP contribution in [-0.4, -0.2) is 6.61 Å². The summed E-state index contributed by atoms with van der Waals surface area (Å²) in [6, 6.07) is 0. The number of hydrogen-bond acceptors (Lipinski definition) is 1. The zero-order valence-electron chi connectivity index (χ0n) is 5.45. The first-order chi connectivity index (χ1) is 2.91. The van der Waals surface area contributed by atoms with Crippen LogP contribution in [0, 0.1) is 0 Å². The molecule has 0 aliphatic rings. The van der Waals surface area contributed by atoms with Gasteiger partial charge in [-0.3, -0.25) is 0 Å². The largest absolute Gasteiger partial charge is 1.00 e. The van der Waals surface area contributed by atoms with Crippen LogP contribution in [0.1, 0.15) is 19.8 Å². The van der Waals surface area contributed by atoms with Crippen LogP contribution < -0.4 is 49.6 Å². The van der Waals surface area contributed by atoms with Gasteiger partial charge in [-0.1, -0.05) is 0 Å². The normalized spacial score (nSPS) is 5.50. The van der Waals surface area contributed by atoms with Gasteiger partial charge in [0.2, 0.25) is 0 Å². The van der Waals surface area contributed by atoms with Crippen molar-refractivity contribution >= 4 is 0 Å². The van der Waals surface area contributed by atoms with Crippen LogP contribution in [0.4, 0.5) is 0 Å². The Hall–Kier alpha value is 1.81. The Kier molecular flexibility index (Phi) is 91.7. The fourth-order valence-corrected chi connectivity index (χ4v) is 0.493. The maximum absolute atomic E-state index is 4.79. The van der Waals surface area contributed by atoms with Crippen LogP contribution in [0.2, 0.25) is 0 Å². The number of unbranched alkanes of at least 4 members (excludes halogenated alkanes) is 1. The molecule has 0 bridgehead atoms. The van der Waals surface area contributed by atoms with E-state index in [2.05, 4.69) is 6.92 Å². The van der Waals surface area contributed by atoms with Crippen LogP contribution in [-0.2, 0) is 23.6 Å². The minimum Gasteiger partial charge on any atom is -1.00 e. The molecule has 6 heteroatoms. The third-order valence-corrected chi connectivity index (χ3v) is 0.991. The van der Waals surface area contributed by atoms with Crippen LogP contribution >= 0.6 is 0 Å². The van der Waals surface area contributed by atoms with E-state index in [-0.39, 0.29) is 49.6 Å². The van der Waals surface area contributed by atoms with Gasteiger partial charge in [-0.25, -0.2) is 0 Å². The zero-order chi connectivity index (χ0) is 4.83. The first kappa shape index (κ1) is 29.8. The van der Waals surface area contributed by atoms with Gasteiger partial charge in [0.05, 0.1) is 0 Å². The second-order valence-corrected chi connectivity index (χ2v) is 1.75. The quantitative estimate of drug-likeness (QED) is 0.372. The predicted octanol–water partition coefficient (Wildman–Crippen LogP) is -10.7. The third-order valence-electron chi connectivity index (χ3n) is 0.581. The maximum Gasteiger partial charge on any atom is -1.00 e. The predicted molar refractivity (Wildman–Crippen MR) is 20.9 cm³/mol. The van der Waals surface area contributed by atoms with Crippen molar-refractivity contribution in [3.8, 4) is 0 Å².